The van der Waals surface area contributed by atoms with Gasteiger partial charge in [0.15, 0.2) is 0 Å². The zero-order valence-corrected chi connectivity index (χ0v) is 11.3. The third-order valence-electron chi connectivity index (χ3n) is 2.69. The topological polar surface area (TPSA) is 56.3 Å². The van der Waals surface area contributed by atoms with Gasteiger partial charge in [-0.3, -0.25) is 0 Å². The molecule has 0 fully saturated rings. The molecule has 0 spiro atoms. The number of aromatic nitrogens is 2. The van der Waals surface area contributed by atoms with E-state index in [0.29, 0.717) is 18.7 Å². The van der Waals surface area contributed by atoms with Crippen LogP contribution in [0.1, 0.15) is 11.3 Å². The van der Waals surface area contributed by atoms with Gasteiger partial charge in [0, 0.05) is 6.20 Å². The molecule has 0 unspecified atom stereocenters. The van der Waals surface area contributed by atoms with Crippen molar-refractivity contribution >= 4 is 10.0 Å². The smallest absolute Gasteiger partial charge is 0.268 e. The van der Waals surface area contributed by atoms with Crippen molar-refractivity contribution in [2.75, 3.05) is 6.54 Å². The Labute approximate surface area is 112 Å². The van der Waals surface area contributed by atoms with E-state index in [1.54, 1.807) is 24.3 Å². The lowest BCUT2D eigenvalue weighted by Gasteiger charge is -2.04. The van der Waals surface area contributed by atoms with Crippen LogP contribution in [0.5, 0.6) is 0 Å². The standard InChI is InChI=1S/C13H13N3O2S/c1-11-3-5-13(6-4-11)19(17,18)16-9-12(15-10-16)7-8-14-2/h3-6,9-10H,7-8H2,1H3. The van der Waals surface area contributed by atoms with Gasteiger partial charge in [-0.1, -0.05) is 17.7 Å². The van der Waals surface area contributed by atoms with Crippen LogP contribution in [-0.4, -0.2) is 23.9 Å². The van der Waals surface area contributed by atoms with E-state index in [9.17, 15) is 8.42 Å². The first-order valence-corrected chi connectivity index (χ1v) is 7.16. The molecule has 0 aliphatic heterocycles. The zero-order valence-electron chi connectivity index (χ0n) is 10.4. The molecule has 2 aromatic rings. The lowest BCUT2D eigenvalue weighted by molar-refractivity contribution is 0.587. The number of hydrogen-bond acceptors (Lipinski definition) is 3. The van der Waals surface area contributed by atoms with E-state index in [2.05, 4.69) is 9.83 Å². The summed E-state index contributed by atoms with van der Waals surface area (Å²) in [6.07, 6.45) is 3.19. The van der Waals surface area contributed by atoms with Crippen LogP contribution in [-0.2, 0) is 16.4 Å². The molecule has 1 aromatic heterocycles. The molecule has 0 saturated heterocycles. The van der Waals surface area contributed by atoms with Gasteiger partial charge in [-0.25, -0.2) is 23.9 Å². The number of benzene rings is 1. The molecule has 0 radical (unpaired) electrons. The van der Waals surface area contributed by atoms with Gasteiger partial charge in [-0.05, 0) is 19.1 Å². The van der Waals surface area contributed by atoms with E-state index in [1.165, 1.54) is 12.5 Å². The molecule has 1 heterocycles. The van der Waals surface area contributed by atoms with Crippen LogP contribution in [0, 0.1) is 13.5 Å². The van der Waals surface area contributed by atoms with Gasteiger partial charge in [0.05, 0.1) is 17.0 Å². The quantitative estimate of drug-likeness (QED) is 0.801. The monoisotopic (exact) mass is 275 g/mol. The summed E-state index contributed by atoms with van der Waals surface area (Å²) >= 11 is 0. The van der Waals surface area contributed by atoms with Crippen molar-refractivity contribution in [2.45, 2.75) is 18.2 Å². The van der Waals surface area contributed by atoms with Crippen molar-refractivity contribution in [1.29, 1.82) is 0 Å². The van der Waals surface area contributed by atoms with Crippen molar-refractivity contribution < 1.29 is 8.42 Å². The van der Waals surface area contributed by atoms with Gasteiger partial charge in [-0.15, -0.1) is 0 Å². The molecule has 19 heavy (non-hydrogen) atoms. The maximum absolute atomic E-state index is 12.3. The predicted molar refractivity (Wildman–Crippen MR) is 71.2 cm³/mol. The molecule has 5 nitrogen and oxygen atoms in total. The summed E-state index contributed by atoms with van der Waals surface area (Å²) in [5.41, 5.74) is 1.61. The predicted octanol–water partition coefficient (Wildman–Crippen LogP) is 1.89. The average molecular weight is 275 g/mol. The molecule has 0 aliphatic carbocycles. The van der Waals surface area contributed by atoms with Gasteiger partial charge in [-0.2, -0.15) is 0 Å². The van der Waals surface area contributed by atoms with Gasteiger partial charge in [0.25, 0.3) is 10.0 Å². The Morgan fingerprint density at radius 1 is 1.32 bits per heavy atom. The summed E-state index contributed by atoms with van der Waals surface area (Å²) in [6, 6.07) is 6.65. The highest BCUT2D eigenvalue weighted by Gasteiger charge is 2.17. The van der Waals surface area contributed by atoms with Crippen LogP contribution in [0.25, 0.3) is 4.85 Å². The van der Waals surface area contributed by atoms with E-state index in [0.717, 1.165) is 9.54 Å². The lowest BCUT2D eigenvalue weighted by atomic mass is 10.2. The molecule has 98 valence electrons. The Hall–Kier alpha value is -2.13. The maximum Gasteiger partial charge on any atom is 0.268 e. The maximum atomic E-state index is 12.3. The summed E-state index contributed by atoms with van der Waals surface area (Å²) in [5, 5.41) is 0. The highest BCUT2D eigenvalue weighted by molar-refractivity contribution is 7.90. The molecule has 0 atom stereocenters. The molecule has 1 aromatic carbocycles. The van der Waals surface area contributed by atoms with Gasteiger partial charge >= 0.3 is 0 Å². The number of aryl methyl sites for hydroxylation is 1. The summed E-state index contributed by atoms with van der Waals surface area (Å²) in [6.45, 7) is 8.91. The number of rotatable bonds is 4. The van der Waals surface area contributed by atoms with E-state index in [-0.39, 0.29) is 4.90 Å². The highest BCUT2D eigenvalue weighted by Crippen LogP contribution is 2.15. The SMILES string of the molecule is [C-]#[N+]CCc1cn(S(=O)(=O)c2ccc(C)cc2)cn1. The molecular formula is C13H13N3O2S. The van der Waals surface area contributed by atoms with E-state index in [4.69, 9.17) is 6.57 Å². The summed E-state index contributed by atoms with van der Waals surface area (Å²) in [4.78, 5) is 7.45. The zero-order chi connectivity index (χ0) is 13.9. The Morgan fingerprint density at radius 2 is 2.00 bits per heavy atom. The van der Waals surface area contributed by atoms with Gasteiger partial charge < -0.3 is 4.85 Å². The third kappa shape index (κ3) is 2.83. The fourth-order valence-corrected chi connectivity index (χ4v) is 2.76. The first kappa shape index (κ1) is 13.3. The average Bonchev–Trinajstić information content (AvgIpc) is 2.86. The van der Waals surface area contributed by atoms with Crippen molar-refractivity contribution in [1.82, 2.24) is 8.96 Å². The van der Waals surface area contributed by atoms with Crippen LogP contribution in [0.3, 0.4) is 0 Å². The molecule has 2 rings (SSSR count). The van der Waals surface area contributed by atoms with Crippen LogP contribution in [0.15, 0.2) is 41.7 Å². The van der Waals surface area contributed by atoms with E-state index in [1.807, 2.05) is 6.92 Å². The molecule has 0 bridgehead atoms. The fourth-order valence-electron chi connectivity index (χ4n) is 1.61. The number of imidazole rings is 1. The Morgan fingerprint density at radius 3 is 2.63 bits per heavy atom. The summed E-state index contributed by atoms with van der Waals surface area (Å²) < 4.78 is 25.7. The second-order valence-electron chi connectivity index (χ2n) is 4.14. The fraction of sp³-hybridized carbons (Fsp3) is 0.231. The van der Waals surface area contributed by atoms with Crippen molar-refractivity contribution in [2.24, 2.45) is 0 Å². The first-order valence-electron chi connectivity index (χ1n) is 5.72. The first-order chi connectivity index (χ1) is 9.04. The van der Waals surface area contributed by atoms with Crippen molar-refractivity contribution in [3.63, 3.8) is 0 Å². The van der Waals surface area contributed by atoms with Crippen LogP contribution >= 0.6 is 0 Å². The molecule has 0 amide bonds. The molecule has 0 N–H and O–H groups in total. The highest BCUT2D eigenvalue weighted by atomic mass is 32.2. The van der Waals surface area contributed by atoms with Gasteiger partial charge in [0.2, 0.25) is 6.54 Å². The Bertz CT molecular complexity index is 709. The minimum atomic E-state index is -3.58. The van der Waals surface area contributed by atoms with Crippen molar-refractivity contribution in [3.8, 4) is 0 Å². The molecule has 0 saturated carbocycles. The normalized spacial score (nSPS) is 11.2. The summed E-state index contributed by atoms with van der Waals surface area (Å²) in [5.74, 6) is 0. The lowest BCUT2D eigenvalue weighted by Crippen LogP contribution is -2.10. The number of hydrogen-bond donors (Lipinski definition) is 0. The molecule has 6 heteroatoms. The minimum absolute atomic E-state index is 0.229. The third-order valence-corrected chi connectivity index (χ3v) is 4.31. The Kier molecular flexibility index (Phi) is 3.67. The number of nitrogens with zero attached hydrogens (tertiary/aromatic N) is 3. The second-order valence-corrected chi connectivity index (χ2v) is 5.99. The largest absolute Gasteiger partial charge is 0.317 e. The van der Waals surface area contributed by atoms with Crippen molar-refractivity contribution in [3.05, 3.63) is 59.5 Å². The van der Waals surface area contributed by atoms with E-state index < -0.39 is 10.0 Å². The second kappa shape index (κ2) is 5.24. The van der Waals surface area contributed by atoms with E-state index >= 15 is 0 Å². The minimum Gasteiger partial charge on any atom is -0.317 e. The van der Waals surface area contributed by atoms with Crippen LogP contribution < -0.4 is 0 Å². The van der Waals surface area contributed by atoms with Gasteiger partial charge in [0.1, 0.15) is 6.33 Å². The molecule has 0 aliphatic rings. The van der Waals surface area contributed by atoms with Crippen LogP contribution in [0.2, 0.25) is 0 Å². The Balaban J connectivity index is 2.32. The summed E-state index contributed by atoms with van der Waals surface area (Å²) in [7, 11) is -3.58. The van der Waals surface area contributed by atoms with Crippen LogP contribution in [0.4, 0.5) is 0 Å². The molecular weight excluding hydrogens is 262 g/mol.